The minimum Gasteiger partial charge on any atom is -0.383 e. The molecule has 3 aromatic rings. The molecule has 4 rings (SSSR count). The van der Waals surface area contributed by atoms with E-state index in [0.717, 1.165) is 38.4 Å². The Morgan fingerprint density at radius 2 is 2.23 bits per heavy atom. The van der Waals surface area contributed by atoms with Crippen LogP contribution in [-0.4, -0.2) is 34.4 Å². The molecule has 0 saturated carbocycles. The number of aromatic nitrogens is 3. The number of ether oxygens (including phenoxy) is 1. The molecule has 2 aromatic heterocycles. The van der Waals surface area contributed by atoms with E-state index in [9.17, 15) is 0 Å². The molecule has 1 aliphatic rings. The molecule has 0 radical (unpaired) electrons. The number of hydrogen-bond acceptors (Lipinski definition) is 3. The zero-order valence-electron chi connectivity index (χ0n) is 15.8. The Morgan fingerprint density at radius 1 is 1.31 bits per heavy atom. The lowest BCUT2D eigenvalue weighted by Gasteiger charge is -2.16. The van der Waals surface area contributed by atoms with E-state index < -0.39 is 0 Å². The molecule has 0 amide bonds. The number of para-hydroxylation sites is 1. The Kier molecular flexibility index (Phi) is 5.09. The molecule has 1 aliphatic heterocycles. The van der Waals surface area contributed by atoms with Crippen molar-refractivity contribution in [1.29, 1.82) is 0 Å². The summed E-state index contributed by atoms with van der Waals surface area (Å²) in [4.78, 5) is 4.46. The van der Waals surface area contributed by atoms with Crippen LogP contribution in [-0.2, 0) is 37.2 Å². The third-order valence-corrected chi connectivity index (χ3v) is 5.56. The Morgan fingerprint density at radius 3 is 3.12 bits per heavy atom. The topological polar surface area (TPSA) is 44.0 Å². The van der Waals surface area contributed by atoms with E-state index in [-0.39, 0.29) is 0 Å². The molecule has 0 unspecified atom stereocenters. The van der Waals surface area contributed by atoms with Crippen LogP contribution in [0, 0.1) is 6.92 Å². The van der Waals surface area contributed by atoms with Crippen molar-refractivity contribution in [3.63, 3.8) is 0 Å². The van der Waals surface area contributed by atoms with Gasteiger partial charge in [0.2, 0.25) is 0 Å². The fourth-order valence-corrected chi connectivity index (χ4v) is 4.22. The summed E-state index contributed by atoms with van der Waals surface area (Å²) in [7, 11) is 1.73. The summed E-state index contributed by atoms with van der Waals surface area (Å²) in [6.07, 6.45) is 7.40. The van der Waals surface area contributed by atoms with Crippen molar-refractivity contribution in [1.82, 2.24) is 19.4 Å². The van der Waals surface area contributed by atoms with Gasteiger partial charge in [-0.3, -0.25) is 0 Å². The van der Waals surface area contributed by atoms with Crippen molar-refractivity contribution in [2.24, 2.45) is 0 Å². The van der Waals surface area contributed by atoms with E-state index in [1.807, 2.05) is 12.4 Å². The summed E-state index contributed by atoms with van der Waals surface area (Å²) in [6.45, 7) is 6.75. The SMILES string of the molecule is COCCn1ccnc1CNCCc1c(C)n2c3c(cccc13)CCC2. The molecule has 5 heteroatoms. The number of aryl methyl sites for hydroxylation is 2. The number of nitrogens with zero attached hydrogens (tertiary/aromatic N) is 3. The smallest absolute Gasteiger partial charge is 0.122 e. The number of imidazole rings is 1. The number of hydrogen-bond donors (Lipinski definition) is 1. The second-order valence-electron chi connectivity index (χ2n) is 7.09. The number of rotatable bonds is 8. The minimum absolute atomic E-state index is 0.713. The van der Waals surface area contributed by atoms with Crippen LogP contribution < -0.4 is 5.32 Å². The molecule has 0 atom stereocenters. The lowest BCUT2D eigenvalue weighted by Crippen LogP contribution is -2.20. The average Bonchev–Trinajstić information content (AvgIpc) is 3.22. The van der Waals surface area contributed by atoms with Crippen LogP contribution in [0.25, 0.3) is 10.9 Å². The third kappa shape index (κ3) is 3.17. The van der Waals surface area contributed by atoms with Crippen LogP contribution in [0.3, 0.4) is 0 Å². The Bertz CT molecular complexity index is 893. The first-order valence-electron chi connectivity index (χ1n) is 9.59. The Labute approximate surface area is 155 Å². The van der Waals surface area contributed by atoms with E-state index in [1.54, 1.807) is 7.11 Å². The molecule has 0 aliphatic carbocycles. The highest BCUT2D eigenvalue weighted by Crippen LogP contribution is 2.32. The average molecular weight is 352 g/mol. The van der Waals surface area contributed by atoms with Crippen molar-refractivity contribution >= 4 is 10.9 Å². The van der Waals surface area contributed by atoms with Gasteiger partial charge in [0.15, 0.2) is 0 Å². The van der Waals surface area contributed by atoms with Gasteiger partial charge in [-0.15, -0.1) is 0 Å². The van der Waals surface area contributed by atoms with Crippen LogP contribution in [0.15, 0.2) is 30.6 Å². The van der Waals surface area contributed by atoms with Gasteiger partial charge >= 0.3 is 0 Å². The fraction of sp³-hybridized carbons (Fsp3) is 0.476. The first kappa shape index (κ1) is 17.3. The largest absolute Gasteiger partial charge is 0.383 e. The lowest BCUT2D eigenvalue weighted by atomic mass is 10.0. The summed E-state index contributed by atoms with van der Waals surface area (Å²) < 4.78 is 9.85. The molecule has 138 valence electrons. The van der Waals surface area contributed by atoms with Crippen LogP contribution in [0.1, 0.15) is 29.1 Å². The molecular formula is C21H28N4O. The monoisotopic (exact) mass is 352 g/mol. The van der Waals surface area contributed by atoms with E-state index in [4.69, 9.17) is 4.74 Å². The summed E-state index contributed by atoms with van der Waals surface area (Å²) in [5, 5.41) is 5.02. The zero-order chi connectivity index (χ0) is 17.9. The molecule has 1 N–H and O–H groups in total. The molecule has 1 aromatic carbocycles. The first-order chi connectivity index (χ1) is 12.8. The molecule has 0 saturated heterocycles. The summed E-state index contributed by atoms with van der Waals surface area (Å²) in [5.74, 6) is 1.07. The van der Waals surface area contributed by atoms with Gasteiger partial charge in [0.05, 0.1) is 18.7 Å². The van der Waals surface area contributed by atoms with Crippen LogP contribution >= 0.6 is 0 Å². The van der Waals surface area contributed by atoms with Gasteiger partial charge in [-0.1, -0.05) is 18.2 Å². The molecular weight excluding hydrogens is 324 g/mol. The van der Waals surface area contributed by atoms with Crippen molar-refractivity contribution in [3.05, 3.63) is 53.2 Å². The quantitative estimate of drug-likeness (QED) is 0.634. The van der Waals surface area contributed by atoms with Crippen molar-refractivity contribution in [2.45, 2.75) is 45.8 Å². The second-order valence-corrected chi connectivity index (χ2v) is 7.09. The van der Waals surface area contributed by atoms with Crippen molar-refractivity contribution in [2.75, 3.05) is 20.3 Å². The lowest BCUT2D eigenvalue weighted by molar-refractivity contribution is 0.186. The van der Waals surface area contributed by atoms with Gasteiger partial charge < -0.3 is 19.2 Å². The predicted octanol–water partition coefficient (Wildman–Crippen LogP) is 3.07. The highest BCUT2D eigenvalue weighted by Gasteiger charge is 2.19. The number of nitrogens with one attached hydrogen (secondary N) is 1. The van der Waals surface area contributed by atoms with Gasteiger partial charge in [-0.2, -0.15) is 0 Å². The van der Waals surface area contributed by atoms with Crippen molar-refractivity contribution < 1.29 is 4.74 Å². The van der Waals surface area contributed by atoms with Crippen LogP contribution in [0.5, 0.6) is 0 Å². The van der Waals surface area contributed by atoms with Gasteiger partial charge in [-0.05, 0) is 43.9 Å². The fourth-order valence-electron chi connectivity index (χ4n) is 4.22. The van der Waals surface area contributed by atoms with E-state index in [2.05, 4.69) is 44.6 Å². The molecule has 26 heavy (non-hydrogen) atoms. The Balaban J connectivity index is 1.43. The standard InChI is InChI=1S/C21H28N4O/c1-16-18(19-7-3-5-17-6-4-11-25(16)21(17)19)8-9-22-15-20-23-10-12-24(20)13-14-26-2/h3,5,7,10,12,22H,4,6,8-9,11,13-15H2,1-2H3. The van der Waals surface area contributed by atoms with Gasteiger partial charge in [0, 0.05) is 43.7 Å². The Hall–Kier alpha value is -2.11. The molecule has 3 heterocycles. The summed E-state index contributed by atoms with van der Waals surface area (Å²) in [6, 6.07) is 6.80. The van der Waals surface area contributed by atoms with Crippen LogP contribution in [0.2, 0.25) is 0 Å². The van der Waals surface area contributed by atoms with E-state index in [0.29, 0.717) is 6.61 Å². The zero-order valence-corrected chi connectivity index (χ0v) is 15.8. The predicted molar refractivity (Wildman–Crippen MR) is 105 cm³/mol. The number of methoxy groups -OCH3 is 1. The van der Waals surface area contributed by atoms with E-state index in [1.165, 1.54) is 40.6 Å². The number of benzene rings is 1. The van der Waals surface area contributed by atoms with Crippen LogP contribution in [0.4, 0.5) is 0 Å². The van der Waals surface area contributed by atoms with Crippen molar-refractivity contribution in [3.8, 4) is 0 Å². The highest BCUT2D eigenvalue weighted by molar-refractivity contribution is 5.88. The summed E-state index contributed by atoms with van der Waals surface area (Å²) >= 11 is 0. The maximum atomic E-state index is 5.16. The molecule has 0 fully saturated rings. The maximum absolute atomic E-state index is 5.16. The summed E-state index contributed by atoms with van der Waals surface area (Å²) in [5.41, 5.74) is 5.92. The second kappa shape index (κ2) is 7.64. The normalized spacial score (nSPS) is 13.6. The maximum Gasteiger partial charge on any atom is 0.122 e. The highest BCUT2D eigenvalue weighted by atomic mass is 16.5. The molecule has 0 spiro atoms. The first-order valence-corrected chi connectivity index (χ1v) is 9.59. The molecule has 0 bridgehead atoms. The van der Waals surface area contributed by atoms with Gasteiger partial charge in [0.25, 0.3) is 0 Å². The van der Waals surface area contributed by atoms with Gasteiger partial charge in [-0.25, -0.2) is 4.98 Å². The minimum atomic E-state index is 0.713. The van der Waals surface area contributed by atoms with E-state index >= 15 is 0 Å². The van der Waals surface area contributed by atoms with Gasteiger partial charge in [0.1, 0.15) is 5.82 Å². The third-order valence-electron chi connectivity index (χ3n) is 5.56. The molecule has 5 nitrogen and oxygen atoms in total.